The summed E-state index contributed by atoms with van der Waals surface area (Å²) in [7, 11) is 3.20. The third-order valence-corrected chi connectivity index (χ3v) is 7.16. The predicted molar refractivity (Wildman–Crippen MR) is 114 cm³/mol. The summed E-state index contributed by atoms with van der Waals surface area (Å²) in [5.74, 6) is 0.968. The summed E-state index contributed by atoms with van der Waals surface area (Å²) in [5.41, 5.74) is 0.0260. The molecule has 1 saturated carbocycles. The largest absolute Gasteiger partial charge is 0.497 e. The van der Waals surface area contributed by atoms with Crippen molar-refractivity contribution in [3.05, 3.63) is 23.8 Å². The van der Waals surface area contributed by atoms with Crippen molar-refractivity contribution >= 4 is 17.8 Å². The normalized spacial score (nSPS) is 28.2. The molecule has 0 bridgehead atoms. The first-order chi connectivity index (χ1) is 14.9. The van der Waals surface area contributed by atoms with Gasteiger partial charge >= 0.3 is 6.03 Å². The quantitative estimate of drug-likeness (QED) is 0.727. The Morgan fingerprint density at radius 2 is 1.97 bits per heavy atom. The fourth-order valence-corrected chi connectivity index (χ4v) is 5.35. The molecular weight excluding hydrogens is 398 g/mol. The summed E-state index contributed by atoms with van der Waals surface area (Å²) < 4.78 is 10.9. The number of carbonyl (C=O) groups is 3. The summed E-state index contributed by atoms with van der Waals surface area (Å²) in [5, 5.41) is 2.92. The van der Waals surface area contributed by atoms with Crippen LogP contribution in [0.4, 0.5) is 4.79 Å². The van der Waals surface area contributed by atoms with Crippen molar-refractivity contribution < 1.29 is 23.9 Å². The number of rotatable bonds is 5. The molecule has 3 atom stereocenters. The molecule has 1 spiro atoms. The third-order valence-electron chi connectivity index (χ3n) is 7.16. The first kappa shape index (κ1) is 21.5. The number of benzene rings is 1. The monoisotopic (exact) mass is 429 g/mol. The predicted octanol–water partition coefficient (Wildman–Crippen LogP) is 2.87. The number of amides is 4. The van der Waals surface area contributed by atoms with E-state index in [0.717, 1.165) is 42.6 Å². The van der Waals surface area contributed by atoms with Gasteiger partial charge in [-0.1, -0.05) is 19.8 Å². The van der Waals surface area contributed by atoms with Crippen LogP contribution in [0.1, 0.15) is 57.1 Å². The first-order valence-electron chi connectivity index (χ1n) is 11.1. The van der Waals surface area contributed by atoms with Gasteiger partial charge in [-0.2, -0.15) is 0 Å². The Kier molecular flexibility index (Phi) is 5.81. The summed E-state index contributed by atoms with van der Waals surface area (Å²) in [6.45, 7) is 2.35. The van der Waals surface area contributed by atoms with E-state index in [1.807, 2.05) is 25.1 Å². The van der Waals surface area contributed by atoms with Crippen LogP contribution in [-0.2, 0) is 9.59 Å². The highest BCUT2D eigenvalue weighted by Crippen LogP contribution is 2.40. The Hall–Kier alpha value is -2.77. The molecule has 8 heteroatoms. The molecule has 1 aliphatic carbocycles. The first-order valence-corrected chi connectivity index (χ1v) is 11.1. The molecule has 168 valence electrons. The lowest BCUT2D eigenvalue weighted by molar-refractivity contribution is -0.141. The molecule has 1 aromatic carbocycles. The number of imide groups is 1. The zero-order valence-electron chi connectivity index (χ0n) is 18.5. The van der Waals surface area contributed by atoms with Gasteiger partial charge in [0.1, 0.15) is 23.6 Å². The number of ether oxygens (including phenoxy) is 2. The molecule has 3 aliphatic rings. The standard InChI is InChI=1S/C23H31N3O5/c1-15-7-4-5-11-23(15)21(28)26(22(29)24-23)14-20(27)25-12-6-8-18(25)17-13-16(30-2)9-10-19(17)31-3/h9-10,13,15,18H,4-8,11-12,14H2,1-3H3,(H,24,29). The summed E-state index contributed by atoms with van der Waals surface area (Å²) in [4.78, 5) is 42.0. The minimum Gasteiger partial charge on any atom is -0.497 e. The average molecular weight is 430 g/mol. The maximum absolute atomic E-state index is 13.3. The molecule has 8 nitrogen and oxygen atoms in total. The number of urea groups is 1. The van der Waals surface area contributed by atoms with E-state index < -0.39 is 11.6 Å². The summed E-state index contributed by atoms with van der Waals surface area (Å²) in [6.07, 6.45) is 5.13. The number of carbonyl (C=O) groups excluding carboxylic acids is 3. The van der Waals surface area contributed by atoms with E-state index >= 15 is 0 Å². The minimum atomic E-state index is -0.851. The van der Waals surface area contributed by atoms with Gasteiger partial charge in [0.2, 0.25) is 5.91 Å². The van der Waals surface area contributed by atoms with E-state index in [0.29, 0.717) is 24.5 Å². The van der Waals surface area contributed by atoms with Crippen LogP contribution in [0.3, 0.4) is 0 Å². The number of nitrogens with one attached hydrogen (secondary N) is 1. The highest BCUT2D eigenvalue weighted by atomic mass is 16.5. The van der Waals surface area contributed by atoms with Crippen molar-refractivity contribution in [1.82, 2.24) is 15.1 Å². The molecule has 1 N–H and O–H groups in total. The van der Waals surface area contributed by atoms with E-state index in [-0.39, 0.29) is 30.3 Å². The Balaban J connectivity index is 1.53. The summed E-state index contributed by atoms with van der Waals surface area (Å²) >= 11 is 0. The van der Waals surface area contributed by atoms with Crippen molar-refractivity contribution in [2.45, 2.75) is 57.0 Å². The highest BCUT2D eigenvalue weighted by Gasteiger charge is 2.55. The zero-order chi connectivity index (χ0) is 22.2. The Morgan fingerprint density at radius 3 is 2.68 bits per heavy atom. The minimum absolute atomic E-state index is 0.0679. The van der Waals surface area contributed by atoms with Gasteiger partial charge in [-0.05, 0) is 49.8 Å². The smallest absolute Gasteiger partial charge is 0.325 e. The number of hydrogen-bond donors (Lipinski definition) is 1. The number of hydrogen-bond acceptors (Lipinski definition) is 5. The van der Waals surface area contributed by atoms with Gasteiger partial charge in [-0.25, -0.2) is 4.79 Å². The fourth-order valence-electron chi connectivity index (χ4n) is 5.35. The molecule has 3 unspecified atom stereocenters. The molecule has 4 amide bonds. The van der Waals surface area contributed by atoms with Crippen LogP contribution in [-0.4, -0.2) is 60.5 Å². The Bertz CT molecular complexity index is 888. The van der Waals surface area contributed by atoms with E-state index in [1.165, 1.54) is 0 Å². The molecule has 0 radical (unpaired) electrons. The molecular formula is C23H31N3O5. The summed E-state index contributed by atoms with van der Waals surface area (Å²) in [6, 6.07) is 4.91. The molecule has 4 rings (SSSR count). The average Bonchev–Trinajstić information content (AvgIpc) is 3.35. The van der Waals surface area contributed by atoms with Gasteiger partial charge in [0.15, 0.2) is 0 Å². The molecule has 2 heterocycles. The van der Waals surface area contributed by atoms with Gasteiger partial charge in [0.05, 0.1) is 20.3 Å². The number of nitrogens with zero attached hydrogens (tertiary/aromatic N) is 2. The fraction of sp³-hybridized carbons (Fsp3) is 0.609. The van der Waals surface area contributed by atoms with Crippen molar-refractivity contribution in [3.8, 4) is 11.5 Å². The van der Waals surface area contributed by atoms with Crippen LogP contribution in [0.2, 0.25) is 0 Å². The van der Waals surface area contributed by atoms with Gasteiger partial charge in [-0.3, -0.25) is 14.5 Å². The van der Waals surface area contributed by atoms with Crippen molar-refractivity contribution in [2.24, 2.45) is 5.92 Å². The topological polar surface area (TPSA) is 88.2 Å². The third kappa shape index (κ3) is 3.62. The lowest BCUT2D eigenvalue weighted by atomic mass is 9.73. The van der Waals surface area contributed by atoms with Crippen LogP contribution >= 0.6 is 0 Å². The van der Waals surface area contributed by atoms with Gasteiger partial charge in [-0.15, -0.1) is 0 Å². The molecule has 31 heavy (non-hydrogen) atoms. The van der Waals surface area contributed by atoms with Gasteiger partial charge in [0.25, 0.3) is 5.91 Å². The second-order valence-corrected chi connectivity index (χ2v) is 8.79. The van der Waals surface area contributed by atoms with Crippen LogP contribution in [0.5, 0.6) is 11.5 Å². The SMILES string of the molecule is COc1ccc(OC)c(C2CCCN2C(=O)CN2C(=O)NC3(CCCCC3C)C2=O)c1. The second kappa shape index (κ2) is 8.40. The maximum atomic E-state index is 13.3. The number of methoxy groups -OCH3 is 2. The van der Waals surface area contributed by atoms with Crippen LogP contribution < -0.4 is 14.8 Å². The zero-order valence-corrected chi connectivity index (χ0v) is 18.5. The van der Waals surface area contributed by atoms with Gasteiger partial charge in [0, 0.05) is 12.1 Å². The van der Waals surface area contributed by atoms with Gasteiger partial charge < -0.3 is 19.7 Å². The maximum Gasteiger partial charge on any atom is 0.325 e. The van der Waals surface area contributed by atoms with E-state index in [1.54, 1.807) is 19.1 Å². The van der Waals surface area contributed by atoms with Crippen LogP contribution in [0.15, 0.2) is 18.2 Å². The number of likely N-dealkylation sites (tertiary alicyclic amines) is 1. The lowest BCUT2D eigenvalue weighted by Crippen LogP contribution is -2.54. The second-order valence-electron chi connectivity index (χ2n) is 8.79. The molecule has 2 aliphatic heterocycles. The highest BCUT2D eigenvalue weighted by molar-refractivity contribution is 6.09. The van der Waals surface area contributed by atoms with Crippen LogP contribution in [0.25, 0.3) is 0 Å². The van der Waals surface area contributed by atoms with Crippen molar-refractivity contribution in [2.75, 3.05) is 27.3 Å². The molecule has 1 aromatic rings. The van der Waals surface area contributed by atoms with Crippen LogP contribution in [0, 0.1) is 5.92 Å². The van der Waals surface area contributed by atoms with E-state index in [4.69, 9.17) is 9.47 Å². The van der Waals surface area contributed by atoms with Crippen molar-refractivity contribution in [3.63, 3.8) is 0 Å². The molecule has 2 saturated heterocycles. The Morgan fingerprint density at radius 1 is 1.16 bits per heavy atom. The molecule has 3 fully saturated rings. The lowest BCUT2D eigenvalue weighted by Gasteiger charge is -2.37. The van der Waals surface area contributed by atoms with E-state index in [9.17, 15) is 14.4 Å². The Labute approximate surface area is 182 Å². The van der Waals surface area contributed by atoms with Crippen molar-refractivity contribution in [1.29, 1.82) is 0 Å². The molecule has 0 aromatic heterocycles. The van der Waals surface area contributed by atoms with E-state index in [2.05, 4.69) is 5.32 Å².